The molecule has 0 atom stereocenters. The Bertz CT molecular complexity index is 737. The summed E-state index contributed by atoms with van der Waals surface area (Å²) in [5.41, 5.74) is 5.63. The molecule has 1 amide bonds. The van der Waals surface area contributed by atoms with Crippen molar-refractivity contribution in [1.82, 2.24) is 0 Å². The average molecular weight is 327 g/mol. The number of hydrogen-bond donors (Lipinski definition) is 2. The van der Waals surface area contributed by atoms with Gasteiger partial charge in [-0.25, -0.2) is 8.78 Å². The van der Waals surface area contributed by atoms with Crippen LogP contribution in [-0.2, 0) is 0 Å². The molecule has 0 unspecified atom stereocenters. The van der Waals surface area contributed by atoms with E-state index in [4.69, 9.17) is 29.6 Å². The topological polar surface area (TPSA) is 55.1 Å². The Balaban J connectivity index is 2.34. The molecular weight excluding hydrogens is 318 g/mol. The molecule has 21 heavy (non-hydrogen) atoms. The van der Waals surface area contributed by atoms with Crippen LogP contribution in [0.5, 0.6) is 0 Å². The van der Waals surface area contributed by atoms with Crippen molar-refractivity contribution >= 4 is 40.4 Å². The molecule has 0 aromatic heterocycles. The highest BCUT2D eigenvalue weighted by atomic mass is 35.5. The number of thiocarbonyl (C=S) groups is 1. The zero-order valence-electron chi connectivity index (χ0n) is 10.5. The van der Waals surface area contributed by atoms with E-state index in [9.17, 15) is 13.6 Å². The Morgan fingerprint density at radius 3 is 2.48 bits per heavy atom. The number of carbonyl (C=O) groups excluding carboxylic acids is 1. The van der Waals surface area contributed by atoms with Gasteiger partial charge >= 0.3 is 0 Å². The number of amides is 1. The largest absolute Gasteiger partial charge is 0.389 e. The molecule has 0 bridgehead atoms. The lowest BCUT2D eigenvalue weighted by molar-refractivity contribution is 0.102. The minimum absolute atomic E-state index is 0.0821. The van der Waals surface area contributed by atoms with Gasteiger partial charge in [0.2, 0.25) is 0 Å². The molecule has 2 aromatic carbocycles. The van der Waals surface area contributed by atoms with Gasteiger partial charge in [-0.05, 0) is 36.4 Å². The Morgan fingerprint density at radius 2 is 1.86 bits per heavy atom. The van der Waals surface area contributed by atoms with E-state index in [0.29, 0.717) is 0 Å². The summed E-state index contributed by atoms with van der Waals surface area (Å²) in [5, 5.41) is 2.62. The minimum atomic E-state index is -0.765. The van der Waals surface area contributed by atoms with Crippen LogP contribution in [0.25, 0.3) is 0 Å². The maximum absolute atomic E-state index is 13.7. The first-order chi connectivity index (χ1) is 9.88. The maximum Gasteiger partial charge on any atom is 0.258 e. The number of hydrogen-bond acceptors (Lipinski definition) is 2. The standard InChI is InChI=1S/C14H9ClF2N2OS/c15-7-1-3-9(11(17)5-7)14(20)19-12-4-2-8(16)6-10(12)13(18)21/h1-6H,(H2,18,21)(H,19,20). The quantitative estimate of drug-likeness (QED) is 0.849. The van der Waals surface area contributed by atoms with Gasteiger partial charge < -0.3 is 11.1 Å². The van der Waals surface area contributed by atoms with Gasteiger partial charge in [0.1, 0.15) is 16.6 Å². The molecule has 0 saturated carbocycles. The molecule has 0 aliphatic rings. The van der Waals surface area contributed by atoms with E-state index in [1.54, 1.807) is 0 Å². The van der Waals surface area contributed by atoms with Gasteiger partial charge in [0.25, 0.3) is 5.91 Å². The van der Waals surface area contributed by atoms with Crippen molar-refractivity contribution in [3.8, 4) is 0 Å². The van der Waals surface area contributed by atoms with E-state index >= 15 is 0 Å². The van der Waals surface area contributed by atoms with Crippen molar-refractivity contribution < 1.29 is 13.6 Å². The van der Waals surface area contributed by atoms with Crippen LogP contribution >= 0.6 is 23.8 Å². The van der Waals surface area contributed by atoms with Gasteiger partial charge in [-0.1, -0.05) is 23.8 Å². The van der Waals surface area contributed by atoms with Gasteiger partial charge in [0, 0.05) is 10.6 Å². The van der Waals surface area contributed by atoms with E-state index in [1.165, 1.54) is 18.2 Å². The van der Waals surface area contributed by atoms with Crippen LogP contribution in [-0.4, -0.2) is 10.9 Å². The molecule has 0 spiro atoms. The number of rotatable bonds is 3. The van der Waals surface area contributed by atoms with Crippen LogP contribution in [0.1, 0.15) is 15.9 Å². The highest BCUT2D eigenvalue weighted by Crippen LogP contribution is 2.20. The lowest BCUT2D eigenvalue weighted by atomic mass is 10.1. The summed E-state index contributed by atoms with van der Waals surface area (Å²) >= 11 is 10.4. The van der Waals surface area contributed by atoms with Crippen LogP contribution in [0.3, 0.4) is 0 Å². The molecule has 0 aliphatic heterocycles. The Labute approximate surface area is 129 Å². The summed E-state index contributed by atoms with van der Waals surface area (Å²) in [6, 6.07) is 7.19. The first kappa shape index (κ1) is 15.3. The molecule has 0 heterocycles. The van der Waals surface area contributed by atoms with Crippen LogP contribution in [0.15, 0.2) is 36.4 Å². The van der Waals surface area contributed by atoms with Crippen molar-refractivity contribution in [2.45, 2.75) is 0 Å². The first-order valence-corrected chi connectivity index (χ1v) is 6.53. The molecule has 7 heteroatoms. The summed E-state index contributed by atoms with van der Waals surface area (Å²) < 4.78 is 26.8. The molecule has 108 valence electrons. The van der Waals surface area contributed by atoms with Gasteiger partial charge in [0.15, 0.2) is 0 Å². The van der Waals surface area contributed by atoms with E-state index in [2.05, 4.69) is 5.32 Å². The van der Waals surface area contributed by atoms with Crippen LogP contribution in [0.4, 0.5) is 14.5 Å². The third kappa shape index (κ3) is 3.53. The molecule has 3 nitrogen and oxygen atoms in total. The van der Waals surface area contributed by atoms with E-state index in [0.717, 1.165) is 18.2 Å². The van der Waals surface area contributed by atoms with Crippen LogP contribution < -0.4 is 11.1 Å². The Hall–Kier alpha value is -2.05. The zero-order valence-corrected chi connectivity index (χ0v) is 12.1. The fourth-order valence-electron chi connectivity index (χ4n) is 1.69. The monoisotopic (exact) mass is 326 g/mol. The Kier molecular flexibility index (Phi) is 4.50. The summed E-state index contributed by atoms with van der Waals surface area (Å²) in [7, 11) is 0. The first-order valence-electron chi connectivity index (χ1n) is 5.74. The number of nitrogens with one attached hydrogen (secondary N) is 1. The second kappa shape index (κ2) is 6.15. The van der Waals surface area contributed by atoms with E-state index in [-0.39, 0.29) is 26.8 Å². The molecule has 0 saturated heterocycles. The molecule has 3 N–H and O–H groups in total. The minimum Gasteiger partial charge on any atom is -0.389 e. The second-order valence-electron chi connectivity index (χ2n) is 4.13. The van der Waals surface area contributed by atoms with Gasteiger partial charge in [-0.2, -0.15) is 0 Å². The van der Waals surface area contributed by atoms with Crippen molar-refractivity contribution in [3.05, 3.63) is 64.2 Å². The number of halogens is 3. The highest BCUT2D eigenvalue weighted by molar-refractivity contribution is 7.80. The SMILES string of the molecule is NC(=S)c1cc(F)ccc1NC(=O)c1ccc(Cl)cc1F. The summed E-state index contributed by atoms with van der Waals surface area (Å²) in [5.74, 6) is -2.03. The maximum atomic E-state index is 13.7. The van der Waals surface area contributed by atoms with Crippen molar-refractivity contribution in [2.75, 3.05) is 5.32 Å². The molecule has 2 rings (SSSR count). The van der Waals surface area contributed by atoms with Gasteiger partial charge in [0.05, 0.1) is 11.3 Å². The number of nitrogens with two attached hydrogens (primary N) is 1. The summed E-state index contributed by atoms with van der Waals surface area (Å²) in [6.07, 6.45) is 0. The number of carbonyl (C=O) groups is 1. The van der Waals surface area contributed by atoms with Crippen molar-refractivity contribution in [1.29, 1.82) is 0 Å². The summed E-state index contributed by atoms with van der Waals surface area (Å²) in [6.45, 7) is 0. The van der Waals surface area contributed by atoms with E-state index < -0.39 is 17.5 Å². The zero-order chi connectivity index (χ0) is 15.6. The molecule has 0 fully saturated rings. The molecule has 2 aromatic rings. The average Bonchev–Trinajstić information content (AvgIpc) is 2.40. The number of anilines is 1. The van der Waals surface area contributed by atoms with E-state index in [1.807, 2.05) is 0 Å². The normalized spacial score (nSPS) is 10.2. The van der Waals surface area contributed by atoms with Crippen LogP contribution in [0, 0.1) is 11.6 Å². The Morgan fingerprint density at radius 1 is 1.14 bits per heavy atom. The lowest BCUT2D eigenvalue weighted by Crippen LogP contribution is -2.18. The predicted octanol–water partition coefficient (Wildman–Crippen LogP) is 3.50. The molecular formula is C14H9ClF2N2OS. The second-order valence-corrected chi connectivity index (χ2v) is 5.01. The lowest BCUT2D eigenvalue weighted by Gasteiger charge is -2.11. The highest BCUT2D eigenvalue weighted by Gasteiger charge is 2.15. The van der Waals surface area contributed by atoms with Gasteiger partial charge in [-0.3, -0.25) is 4.79 Å². The molecule has 0 aliphatic carbocycles. The fraction of sp³-hybridized carbons (Fsp3) is 0. The third-order valence-corrected chi connectivity index (χ3v) is 3.13. The number of benzene rings is 2. The molecule has 0 radical (unpaired) electrons. The smallest absolute Gasteiger partial charge is 0.258 e. The van der Waals surface area contributed by atoms with Crippen molar-refractivity contribution in [3.63, 3.8) is 0 Å². The van der Waals surface area contributed by atoms with Gasteiger partial charge in [-0.15, -0.1) is 0 Å². The predicted molar refractivity (Wildman–Crippen MR) is 81.7 cm³/mol. The third-order valence-electron chi connectivity index (χ3n) is 2.67. The van der Waals surface area contributed by atoms with Crippen molar-refractivity contribution in [2.24, 2.45) is 5.73 Å². The van der Waals surface area contributed by atoms with Crippen LogP contribution in [0.2, 0.25) is 5.02 Å². The fourth-order valence-corrected chi connectivity index (χ4v) is 2.02. The summed E-state index contributed by atoms with van der Waals surface area (Å²) in [4.78, 5) is 12.0.